The number of amides is 1. The molecule has 0 N–H and O–H groups in total. The summed E-state index contributed by atoms with van der Waals surface area (Å²) in [5.74, 6) is 0.690. The molecule has 1 fully saturated rings. The van der Waals surface area contributed by atoms with E-state index >= 15 is 0 Å². The van der Waals surface area contributed by atoms with Crippen LogP contribution in [-0.2, 0) is 17.9 Å². The van der Waals surface area contributed by atoms with Gasteiger partial charge in [0.2, 0.25) is 0 Å². The van der Waals surface area contributed by atoms with E-state index in [1.807, 2.05) is 59.2 Å². The SMILES string of the molecule is CC(=O)c1nc2ccccc2n1C[C@@H]1CCCN(C(=O)OCc2ccccc2)C1. The Morgan fingerprint density at radius 3 is 2.66 bits per heavy atom. The van der Waals surface area contributed by atoms with Crippen LogP contribution in [0.1, 0.15) is 35.9 Å². The third-order valence-corrected chi connectivity index (χ3v) is 5.39. The summed E-state index contributed by atoms with van der Waals surface area (Å²) in [6.07, 6.45) is 1.65. The molecular formula is C23H25N3O3. The lowest BCUT2D eigenvalue weighted by Crippen LogP contribution is -2.41. The number of aromatic nitrogens is 2. The van der Waals surface area contributed by atoms with E-state index < -0.39 is 0 Å². The lowest BCUT2D eigenvalue weighted by atomic mass is 9.98. The molecule has 1 amide bonds. The maximum absolute atomic E-state index is 12.5. The quantitative estimate of drug-likeness (QED) is 0.609. The van der Waals surface area contributed by atoms with Crippen LogP contribution < -0.4 is 0 Å². The van der Waals surface area contributed by atoms with E-state index in [4.69, 9.17) is 4.74 Å². The smallest absolute Gasteiger partial charge is 0.410 e. The molecule has 0 bridgehead atoms. The van der Waals surface area contributed by atoms with E-state index in [0.717, 1.165) is 29.4 Å². The number of Topliss-reactive ketones (excluding diaryl/α,β-unsaturated/α-hetero) is 1. The minimum Gasteiger partial charge on any atom is -0.445 e. The van der Waals surface area contributed by atoms with Gasteiger partial charge in [0.25, 0.3) is 0 Å². The number of imidazole rings is 1. The van der Waals surface area contributed by atoms with Crippen molar-refractivity contribution < 1.29 is 14.3 Å². The highest BCUT2D eigenvalue weighted by Gasteiger charge is 2.26. The summed E-state index contributed by atoms with van der Waals surface area (Å²) in [6, 6.07) is 17.5. The Bertz CT molecular complexity index is 1010. The number of carbonyl (C=O) groups is 2. The molecule has 6 heteroatoms. The van der Waals surface area contributed by atoms with Crippen molar-refractivity contribution in [2.75, 3.05) is 13.1 Å². The summed E-state index contributed by atoms with van der Waals surface area (Å²) in [5, 5.41) is 0. The fourth-order valence-corrected chi connectivity index (χ4v) is 3.98. The second kappa shape index (κ2) is 8.47. The molecule has 0 aliphatic carbocycles. The van der Waals surface area contributed by atoms with Gasteiger partial charge in [-0.15, -0.1) is 0 Å². The van der Waals surface area contributed by atoms with Crippen LogP contribution in [0.25, 0.3) is 11.0 Å². The highest BCUT2D eigenvalue weighted by Crippen LogP contribution is 2.24. The van der Waals surface area contributed by atoms with E-state index in [-0.39, 0.29) is 24.4 Å². The Morgan fingerprint density at radius 2 is 1.86 bits per heavy atom. The second-order valence-corrected chi connectivity index (χ2v) is 7.59. The number of likely N-dealkylation sites (tertiary alicyclic amines) is 1. The topological polar surface area (TPSA) is 64.4 Å². The third-order valence-electron chi connectivity index (χ3n) is 5.39. The molecule has 1 saturated heterocycles. The van der Waals surface area contributed by atoms with E-state index in [0.29, 0.717) is 25.5 Å². The first-order valence-electron chi connectivity index (χ1n) is 10.0. The zero-order chi connectivity index (χ0) is 20.2. The van der Waals surface area contributed by atoms with Gasteiger partial charge in [0, 0.05) is 26.6 Å². The van der Waals surface area contributed by atoms with Gasteiger partial charge in [0.15, 0.2) is 11.6 Å². The van der Waals surface area contributed by atoms with Gasteiger partial charge in [-0.25, -0.2) is 9.78 Å². The average molecular weight is 391 g/mol. The highest BCUT2D eigenvalue weighted by atomic mass is 16.6. The summed E-state index contributed by atoms with van der Waals surface area (Å²) in [4.78, 5) is 30.9. The van der Waals surface area contributed by atoms with Crippen LogP contribution in [-0.4, -0.2) is 39.4 Å². The molecule has 1 aliphatic heterocycles. The number of fused-ring (bicyclic) bond motifs is 1. The van der Waals surface area contributed by atoms with Crippen molar-refractivity contribution >= 4 is 22.9 Å². The van der Waals surface area contributed by atoms with Crippen LogP contribution in [0.15, 0.2) is 54.6 Å². The maximum atomic E-state index is 12.5. The van der Waals surface area contributed by atoms with Gasteiger partial charge in [0.1, 0.15) is 6.61 Å². The number of rotatable bonds is 5. The number of nitrogens with zero attached hydrogens (tertiary/aromatic N) is 3. The monoisotopic (exact) mass is 391 g/mol. The predicted octanol–water partition coefficient (Wildman–Crippen LogP) is 4.29. The van der Waals surface area contributed by atoms with Crippen molar-refractivity contribution in [3.8, 4) is 0 Å². The van der Waals surface area contributed by atoms with Crippen molar-refractivity contribution in [3.05, 3.63) is 66.0 Å². The largest absolute Gasteiger partial charge is 0.445 e. The van der Waals surface area contributed by atoms with Gasteiger partial charge in [-0.05, 0) is 36.5 Å². The van der Waals surface area contributed by atoms with Crippen molar-refractivity contribution in [3.63, 3.8) is 0 Å². The number of hydrogen-bond donors (Lipinski definition) is 0. The lowest BCUT2D eigenvalue weighted by molar-refractivity contribution is 0.0765. The Kier molecular flexibility index (Phi) is 5.60. The van der Waals surface area contributed by atoms with Gasteiger partial charge < -0.3 is 14.2 Å². The van der Waals surface area contributed by atoms with Gasteiger partial charge >= 0.3 is 6.09 Å². The molecule has 1 atom stereocenters. The van der Waals surface area contributed by atoms with Crippen molar-refractivity contribution in [1.82, 2.24) is 14.5 Å². The first kappa shape index (κ1) is 19.2. The lowest BCUT2D eigenvalue weighted by Gasteiger charge is -2.32. The first-order valence-corrected chi connectivity index (χ1v) is 10.0. The van der Waals surface area contributed by atoms with Crippen molar-refractivity contribution in [1.29, 1.82) is 0 Å². The molecule has 2 heterocycles. The number of piperidine rings is 1. The molecule has 2 aromatic carbocycles. The zero-order valence-electron chi connectivity index (χ0n) is 16.6. The van der Waals surface area contributed by atoms with Crippen LogP contribution in [0.4, 0.5) is 4.79 Å². The molecular weight excluding hydrogens is 366 g/mol. The van der Waals surface area contributed by atoms with Crippen LogP contribution in [0, 0.1) is 5.92 Å². The van der Waals surface area contributed by atoms with E-state index in [1.165, 1.54) is 0 Å². The molecule has 1 aliphatic rings. The van der Waals surface area contributed by atoms with Gasteiger partial charge in [-0.3, -0.25) is 4.79 Å². The minimum absolute atomic E-state index is 0.0452. The zero-order valence-corrected chi connectivity index (χ0v) is 16.6. The molecule has 6 nitrogen and oxygen atoms in total. The Balaban J connectivity index is 1.44. The van der Waals surface area contributed by atoms with E-state index in [2.05, 4.69) is 4.98 Å². The Labute approximate surface area is 170 Å². The first-order chi connectivity index (χ1) is 14.1. The molecule has 150 valence electrons. The number of benzene rings is 2. The Hall–Kier alpha value is -3.15. The fraction of sp³-hybridized carbons (Fsp3) is 0.348. The molecule has 3 aromatic rings. The summed E-state index contributed by atoms with van der Waals surface area (Å²) in [6.45, 7) is 3.82. The number of para-hydroxylation sites is 2. The Morgan fingerprint density at radius 1 is 1.10 bits per heavy atom. The van der Waals surface area contributed by atoms with Gasteiger partial charge in [-0.2, -0.15) is 0 Å². The number of hydrogen-bond acceptors (Lipinski definition) is 4. The van der Waals surface area contributed by atoms with Crippen LogP contribution >= 0.6 is 0 Å². The molecule has 1 aromatic heterocycles. The van der Waals surface area contributed by atoms with Crippen LogP contribution in [0.5, 0.6) is 0 Å². The number of ether oxygens (including phenoxy) is 1. The summed E-state index contributed by atoms with van der Waals surface area (Å²) < 4.78 is 7.50. The summed E-state index contributed by atoms with van der Waals surface area (Å²) in [7, 11) is 0. The normalized spacial score (nSPS) is 16.7. The predicted molar refractivity (Wildman–Crippen MR) is 111 cm³/mol. The average Bonchev–Trinajstić information content (AvgIpc) is 3.12. The molecule has 4 rings (SSSR count). The van der Waals surface area contributed by atoms with E-state index in [1.54, 1.807) is 11.8 Å². The van der Waals surface area contributed by atoms with Crippen molar-refractivity contribution in [2.45, 2.75) is 32.9 Å². The van der Waals surface area contributed by atoms with Crippen molar-refractivity contribution in [2.24, 2.45) is 5.92 Å². The number of carbonyl (C=O) groups excluding carboxylic acids is 2. The summed E-state index contributed by atoms with van der Waals surface area (Å²) >= 11 is 0. The highest BCUT2D eigenvalue weighted by molar-refractivity contribution is 5.94. The minimum atomic E-state index is -0.277. The maximum Gasteiger partial charge on any atom is 0.410 e. The molecule has 0 unspecified atom stereocenters. The molecule has 0 spiro atoms. The molecule has 0 saturated carbocycles. The molecule has 0 radical (unpaired) electrons. The molecule has 29 heavy (non-hydrogen) atoms. The van der Waals surface area contributed by atoms with Crippen LogP contribution in [0.3, 0.4) is 0 Å². The standard InChI is InChI=1S/C23H25N3O3/c1-17(27)22-24-20-11-5-6-12-21(20)26(22)15-19-10-7-13-25(14-19)23(28)29-16-18-8-3-2-4-9-18/h2-6,8-9,11-12,19H,7,10,13-16H2,1H3/t19-/m1/s1. The van der Waals surface area contributed by atoms with E-state index in [9.17, 15) is 9.59 Å². The van der Waals surface area contributed by atoms with Gasteiger partial charge in [-0.1, -0.05) is 42.5 Å². The summed E-state index contributed by atoms with van der Waals surface area (Å²) in [5.41, 5.74) is 2.76. The second-order valence-electron chi connectivity index (χ2n) is 7.59. The third kappa shape index (κ3) is 4.31. The fourth-order valence-electron chi connectivity index (χ4n) is 3.98. The van der Waals surface area contributed by atoms with Gasteiger partial charge in [0.05, 0.1) is 11.0 Å². The number of ketones is 1. The van der Waals surface area contributed by atoms with Crippen LogP contribution in [0.2, 0.25) is 0 Å².